The van der Waals surface area contributed by atoms with E-state index in [0.717, 1.165) is 0 Å². The molecule has 0 saturated heterocycles. The summed E-state index contributed by atoms with van der Waals surface area (Å²) in [5.41, 5.74) is 3.27. The van der Waals surface area contributed by atoms with E-state index in [9.17, 15) is 4.79 Å². The van der Waals surface area contributed by atoms with E-state index in [-0.39, 0.29) is 11.2 Å². The highest BCUT2D eigenvalue weighted by Gasteiger charge is 2.20. The zero-order valence-corrected chi connectivity index (χ0v) is 13.8. The second kappa shape index (κ2) is 7.37. The van der Waals surface area contributed by atoms with Gasteiger partial charge >= 0.3 is 6.03 Å². The summed E-state index contributed by atoms with van der Waals surface area (Å²) in [6.07, 6.45) is 4.66. The topological polar surface area (TPSA) is 107 Å². The Balaban J connectivity index is 2.17. The van der Waals surface area contributed by atoms with Gasteiger partial charge in [-0.3, -0.25) is 9.99 Å². The molecule has 2 rings (SSSR count). The molecule has 8 nitrogen and oxygen atoms in total. The summed E-state index contributed by atoms with van der Waals surface area (Å²) < 4.78 is 0. The molecule has 0 aliphatic carbocycles. The minimum Gasteiger partial charge on any atom is -0.306 e. The van der Waals surface area contributed by atoms with Crippen LogP contribution < -0.4 is 15.8 Å². The average Bonchev–Trinajstić information content (AvgIpc) is 2.54. The SMILES string of the molecule is CC(C)(C)CN(NC(=O)Nc1ccncc1)c1ccnc(C#N)n1. The number of hydrogen-bond acceptors (Lipinski definition) is 6. The number of carbonyl (C=O) groups is 1. The van der Waals surface area contributed by atoms with Crippen molar-refractivity contribution in [3.05, 3.63) is 42.6 Å². The lowest BCUT2D eigenvalue weighted by atomic mass is 9.97. The molecule has 0 radical (unpaired) electrons. The van der Waals surface area contributed by atoms with Crippen LogP contribution in [0.4, 0.5) is 16.3 Å². The highest BCUT2D eigenvalue weighted by Crippen LogP contribution is 2.18. The number of urea groups is 1. The lowest BCUT2D eigenvalue weighted by molar-refractivity contribution is 0.249. The number of carbonyl (C=O) groups excluding carboxylic acids is 1. The number of hydrazine groups is 1. The molecule has 0 bridgehead atoms. The van der Waals surface area contributed by atoms with E-state index < -0.39 is 6.03 Å². The molecule has 0 aliphatic rings. The quantitative estimate of drug-likeness (QED) is 0.836. The van der Waals surface area contributed by atoms with Gasteiger partial charge in [0.25, 0.3) is 0 Å². The number of nitrogens with zero attached hydrogens (tertiary/aromatic N) is 5. The Morgan fingerprint density at radius 3 is 2.58 bits per heavy atom. The maximum atomic E-state index is 12.2. The summed E-state index contributed by atoms with van der Waals surface area (Å²) in [6, 6.07) is 6.49. The lowest BCUT2D eigenvalue weighted by Gasteiger charge is -2.30. The highest BCUT2D eigenvalue weighted by atomic mass is 16.2. The molecule has 124 valence electrons. The molecule has 0 saturated carbocycles. The third-order valence-electron chi connectivity index (χ3n) is 2.82. The van der Waals surface area contributed by atoms with E-state index in [4.69, 9.17) is 5.26 Å². The Morgan fingerprint density at radius 2 is 1.96 bits per heavy atom. The third-order valence-corrected chi connectivity index (χ3v) is 2.82. The molecular formula is C16H19N7O. The van der Waals surface area contributed by atoms with Gasteiger partial charge in [-0.15, -0.1) is 0 Å². The van der Waals surface area contributed by atoms with Crippen LogP contribution in [-0.2, 0) is 0 Å². The van der Waals surface area contributed by atoms with E-state index in [1.54, 1.807) is 35.6 Å². The van der Waals surface area contributed by atoms with Crippen molar-refractivity contribution in [2.24, 2.45) is 5.41 Å². The van der Waals surface area contributed by atoms with Crippen molar-refractivity contribution in [2.45, 2.75) is 20.8 Å². The smallest absolute Gasteiger partial charge is 0.306 e. The van der Waals surface area contributed by atoms with Crippen LogP contribution in [0.1, 0.15) is 26.6 Å². The number of anilines is 2. The first-order chi connectivity index (χ1) is 11.4. The van der Waals surface area contributed by atoms with Crippen molar-refractivity contribution in [1.82, 2.24) is 20.4 Å². The van der Waals surface area contributed by atoms with Gasteiger partial charge < -0.3 is 5.32 Å². The van der Waals surface area contributed by atoms with Gasteiger partial charge in [0.1, 0.15) is 6.07 Å². The molecule has 0 fully saturated rings. The summed E-state index contributed by atoms with van der Waals surface area (Å²) in [4.78, 5) is 24.1. The van der Waals surface area contributed by atoms with Gasteiger partial charge in [-0.05, 0) is 17.5 Å². The Bertz CT molecular complexity index is 734. The van der Waals surface area contributed by atoms with Gasteiger partial charge in [0, 0.05) is 36.9 Å². The fourth-order valence-corrected chi connectivity index (χ4v) is 1.92. The number of hydrogen-bond donors (Lipinski definition) is 2. The lowest BCUT2D eigenvalue weighted by Crippen LogP contribution is -2.48. The number of rotatable bonds is 4. The Hall–Kier alpha value is -3.21. The minimum atomic E-state index is -0.414. The maximum absolute atomic E-state index is 12.2. The molecule has 0 aromatic carbocycles. The largest absolute Gasteiger partial charge is 0.338 e. The van der Waals surface area contributed by atoms with Crippen LogP contribution in [0.15, 0.2) is 36.8 Å². The van der Waals surface area contributed by atoms with Gasteiger partial charge in [0.15, 0.2) is 5.82 Å². The number of nitrogens with one attached hydrogen (secondary N) is 2. The molecule has 2 aromatic rings. The predicted molar refractivity (Wildman–Crippen MR) is 89.9 cm³/mol. The van der Waals surface area contributed by atoms with Gasteiger partial charge in [0.2, 0.25) is 5.82 Å². The first-order valence-corrected chi connectivity index (χ1v) is 7.36. The molecule has 0 aliphatic heterocycles. The van der Waals surface area contributed by atoms with Crippen LogP contribution >= 0.6 is 0 Å². The van der Waals surface area contributed by atoms with Crippen molar-refractivity contribution >= 4 is 17.5 Å². The van der Waals surface area contributed by atoms with Crippen LogP contribution in [0.2, 0.25) is 0 Å². The molecule has 0 atom stereocenters. The van der Waals surface area contributed by atoms with Gasteiger partial charge in [-0.25, -0.2) is 15.2 Å². The second-order valence-corrected chi connectivity index (χ2v) is 6.30. The van der Waals surface area contributed by atoms with Crippen molar-refractivity contribution in [3.8, 4) is 6.07 Å². The molecule has 2 aromatic heterocycles. The minimum absolute atomic E-state index is 0.0442. The van der Waals surface area contributed by atoms with E-state index in [2.05, 4.69) is 25.7 Å². The first kappa shape index (κ1) is 17.1. The summed E-state index contributed by atoms with van der Waals surface area (Å²) >= 11 is 0. The molecule has 8 heteroatoms. The molecular weight excluding hydrogens is 306 g/mol. The van der Waals surface area contributed by atoms with Gasteiger partial charge in [0.05, 0.1) is 0 Å². The third kappa shape index (κ3) is 5.21. The van der Waals surface area contributed by atoms with Crippen molar-refractivity contribution in [2.75, 3.05) is 16.9 Å². The molecule has 0 spiro atoms. The number of amides is 2. The van der Waals surface area contributed by atoms with Gasteiger partial charge in [-0.1, -0.05) is 20.8 Å². The fraction of sp³-hybridized carbons (Fsp3) is 0.312. The van der Waals surface area contributed by atoms with E-state index in [1.165, 1.54) is 6.20 Å². The van der Waals surface area contributed by atoms with Crippen molar-refractivity contribution in [3.63, 3.8) is 0 Å². The van der Waals surface area contributed by atoms with E-state index in [1.807, 2.05) is 26.8 Å². The van der Waals surface area contributed by atoms with Gasteiger partial charge in [-0.2, -0.15) is 10.2 Å². The summed E-state index contributed by atoms with van der Waals surface area (Å²) in [6.45, 7) is 6.61. The fourth-order valence-electron chi connectivity index (χ4n) is 1.92. The second-order valence-electron chi connectivity index (χ2n) is 6.30. The van der Waals surface area contributed by atoms with E-state index in [0.29, 0.717) is 18.1 Å². The van der Waals surface area contributed by atoms with Crippen LogP contribution in [0.3, 0.4) is 0 Å². The van der Waals surface area contributed by atoms with Crippen LogP contribution in [-0.4, -0.2) is 27.5 Å². The monoisotopic (exact) mass is 325 g/mol. The highest BCUT2D eigenvalue weighted by molar-refractivity contribution is 5.90. The number of aromatic nitrogens is 3. The number of nitriles is 1. The molecule has 2 heterocycles. The van der Waals surface area contributed by atoms with Crippen molar-refractivity contribution < 1.29 is 4.79 Å². The van der Waals surface area contributed by atoms with Crippen molar-refractivity contribution in [1.29, 1.82) is 5.26 Å². The zero-order valence-electron chi connectivity index (χ0n) is 13.8. The van der Waals surface area contributed by atoms with Crippen LogP contribution in [0.25, 0.3) is 0 Å². The molecule has 0 unspecified atom stereocenters. The first-order valence-electron chi connectivity index (χ1n) is 7.36. The molecule has 24 heavy (non-hydrogen) atoms. The summed E-state index contributed by atoms with van der Waals surface area (Å²) in [5.74, 6) is 0.490. The van der Waals surface area contributed by atoms with E-state index >= 15 is 0 Å². The maximum Gasteiger partial charge on any atom is 0.338 e. The molecule has 2 amide bonds. The predicted octanol–water partition coefficient (Wildman–Crippen LogP) is 2.33. The Labute approximate surface area is 140 Å². The molecule has 2 N–H and O–H groups in total. The Kier molecular flexibility index (Phi) is 5.27. The van der Waals surface area contributed by atoms with Crippen LogP contribution in [0, 0.1) is 16.7 Å². The summed E-state index contributed by atoms with van der Waals surface area (Å²) in [7, 11) is 0. The normalized spacial score (nSPS) is 10.6. The number of pyridine rings is 1. The van der Waals surface area contributed by atoms with Crippen LogP contribution in [0.5, 0.6) is 0 Å². The zero-order chi connectivity index (χ0) is 17.6. The standard InChI is InChI=1S/C16H19N7O/c1-16(2,3)11-23(14-6-9-19-13(10-17)21-14)22-15(24)20-12-4-7-18-8-5-12/h4-9H,11H2,1-3H3,(H2,18,20,22,24). The summed E-state index contributed by atoms with van der Waals surface area (Å²) in [5, 5.41) is 13.3. The Morgan fingerprint density at radius 1 is 1.25 bits per heavy atom. The average molecular weight is 325 g/mol.